The summed E-state index contributed by atoms with van der Waals surface area (Å²) in [7, 11) is -4.33. The van der Waals surface area contributed by atoms with Crippen molar-refractivity contribution in [1.29, 1.82) is 0 Å². The van der Waals surface area contributed by atoms with E-state index in [0.29, 0.717) is 0 Å². The van der Waals surface area contributed by atoms with Gasteiger partial charge in [0, 0.05) is 6.20 Å². The SMILES string of the molecule is CC#CC1(Cl)C(O)[C@@H](COP(=O)(NC(C)C(=O)OC(C)C)Oc2ccccc2)OC1n1cc(F)c2c(=O)[nH]c(N)nc21. The quantitative estimate of drug-likeness (QED) is 0.113. The number of carbonyl (C=O) groups is 1. The molecule has 5 N–H and O–H groups in total. The highest BCUT2D eigenvalue weighted by atomic mass is 35.5. The molecule has 1 aliphatic heterocycles. The summed E-state index contributed by atoms with van der Waals surface area (Å²) in [5, 5.41) is 13.4. The lowest BCUT2D eigenvalue weighted by atomic mass is 9.99. The third-order valence-corrected chi connectivity index (χ3v) is 8.25. The Labute approximate surface area is 245 Å². The molecular weight excluding hydrogens is 596 g/mol. The zero-order valence-electron chi connectivity index (χ0n) is 23.0. The Bertz CT molecular complexity index is 1620. The van der Waals surface area contributed by atoms with Crippen LogP contribution in [0.3, 0.4) is 0 Å². The molecule has 4 rings (SSSR count). The molecule has 1 saturated heterocycles. The number of benzene rings is 1. The first kappa shape index (κ1) is 31.5. The van der Waals surface area contributed by atoms with Crippen LogP contribution in [0.2, 0.25) is 0 Å². The number of carbonyl (C=O) groups excluding carboxylic acids is 1. The number of aromatic amines is 1. The number of aliphatic hydroxyl groups is 1. The fraction of sp³-hybridized carbons (Fsp3) is 0.423. The standard InChI is InChI=1S/C26H30ClFN5O8P/c1-5-11-26(27)20(34)18(40-24(26)33-12-17(28)19-21(33)30-25(29)31-22(19)35)13-38-42(37,41-16-9-7-6-8-10-16)32-15(4)23(36)39-14(2)3/h6-10,12,14-15,18,20,24,34H,13H2,1-4H3,(H,32,37)(H3,29,30,31,35)/t15?,18-,20?,24?,26?,42?/m1/s1. The van der Waals surface area contributed by atoms with Gasteiger partial charge in [0.2, 0.25) is 5.95 Å². The van der Waals surface area contributed by atoms with E-state index < -0.39 is 72.5 Å². The summed E-state index contributed by atoms with van der Waals surface area (Å²) in [6.45, 7) is 5.62. The largest absolute Gasteiger partial charge is 0.462 e. The number of H-pyrrole nitrogens is 1. The van der Waals surface area contributed by atoms with E-state index in [4.69, 9.17) is 35.9 Å². The molecule has 3 aromatic rings. The summed E-state index contributed by atoms with van der Waals surface area (Å²) in [4.78, 5) is 29.1. The van der Waals surface area contributed by atoms with Gasteiger partial charge in [-0.15, -0.1) is 5.92 Å². The monoisotopic (exact) mass is 625 g/mol. The molecule has 16 heteroatoms. The molecule has 6 atom stereocenters. The van der Waals surface area contributed by atoms with E-state index in [2.05, 4.69) is 26.9 Å². The number of ether oxygens (including phenoxy) is 2. The minimum atomic E-state index is -4.33. The minimum absolute atomic E-state index is 0.162. The summed E-state index contributed by atoms with van der Waals surface area (Å²) >= 11 is 6.79. The zero-order chi connectivity index (χ0) is 30.8. The van der Waals surface area contributed by atoms with Gasteiger partial charge in [0.25, 0.3) is 5.56 Å². The number of aromatic nitrogens is 3. The lowest BCUT2D eigenvalue weighted by molar-refractivity contribution is -0.149. The van der Waals surface area contributed by atoms with Crippen molar-refractivity contribution < 1.29 is 37.4 Å². The highest BCUT2D eigenvalue weighted by Gasteiger charge is 2.56. The van der Waals surface area contributed by atoms with Crippen molar-refractivity contribution in [3.8, 4) is 17.6 Å². The number of esters is 1. The number of nitrogens with one attached hydrogen (secondary N) is 2. The van der Waals surface area contributed by atoms with E-state index in [9.17, 15) is 23.7 Å². The van der Waals surface area contributed by atoms with Crippen LogP contribution in [-0.2, 0) is 23.4 Å². The Balaban J connectivity index is 1.64. The number of nitrogen functional groups attached to an aromatic ring is 1. The maximum absolute atomic E-state index is 14.8. The molecule has 226 valence electrons. The lowest BCUT2D eigenvalue weighted by Crippen LogP contribution is -2.42. The van der Waals surface area contributed by atoms with Gasteiger partial charge in [0.05, 0.1) is 12.7 Å². The first-order valence-electron chi connectivity index (χ1n) is 12.8. The number of rotatable bonds is 10. The van der Waals surface area contributed by atoms with Crippen LogP contribution in [0.1, 0.15) is 33.9 Å². The van der Waals surface area contributed by atoms with E-state index in [-0.39, 0.29) is 17.3 Å². The third-order valence-electron chi connectivity index (χ3n) is 6.10. The molecule has 1 fully saturated rings. The lowest BCUT2D eigenvalue weighted by Gasteiger charge is -2.26. The van der Waals surface area contributed by atoms with Gasteiger partial charge in [-0.25, -0.2) is 8.96 Å². The molecule has 0 aliphatic carbocycles. The zero-order valence-corrected chi connectivity index (χ0v) is 24.7. The fourth-order valence-electron chi connectivity index (χ4n) is 4.29. The highest BCUT2D eigenvalue weighted by molar-refractivity contribution is 7.52. The fourth-order valence-corrected chi connectivity index (χ4v) is 6.19. The number of para-hydroxylation sites is 1. The summed E-state index contributed by atoms with van der Waals surface area (Å²) in [5.41, 5.74) is 4.64. The van der Waals surface area contributed by atoms with E-state index in [0.717, 1.165) is 10.8 Å². The Morgan fingerprint density at radius 1 is 1.38 bits per heavy atom. The topological polar surface area (TPSA) is 180 Å². The number of alkyl halides is 1. The van der Waals surface area contributed by atoms with Gasteiger partial charge in [-0.2, -0.15) is 10.1 Å². The molecule has 13 nitrogen and oxygen atoms in total. The van der Waals surface area contributed by atoms with Crippen LogP contribution in [-0.4, -0.2) is 61.4 Å². The maximum Gasteiger partial charge on any atom is 0.459 e. The Kier molecular flexibility index (Phi) is 9.32. The van der Waals surface area contributed by atoms with Crippen LogP contribution in [0.25, 0.3) is 11.0 Å². The number of fused-ring (bicyclic) bond motifs is 1. The number of halogens is 2. The average molecular weight is 626 g/mol. The summed E-state index contributed by atoms with van der Waals surface area (Å²) < 4.78 is 52.2. The van der Waals surface area contributed by atoms with Gasteiger partial charge >= 0.3 is 13.7 Å². The molecular formula is C26H30ClFN5O8P. The first-order chi connectivity index (χ1) is 19.8. The predicted octanol–water partition coefficient (Wildman–Crippen LogP) is 2.84. The number of nitrogens with zero attached hydrogens (tertiary/aromatic N) is 2. The molecule has 2 aromatic heterocycles. The van der Waals surface area contributed by atoms with Crippen LogP contribution in [0.5, 0.6) is 5.75 Å². The van der Waals surface area contributed by atoms with Crippen molar-refractivity contribution in [2.24, 2.45) is 0 Å². The molecule has 0 radical (unpaired) electrons. The van der Waals surface area contributed by atoms with Crippen LogP contribution in [0.15, 0.2) is 41.3 Å². The maximum atomic E-state index is 14.8. The number of hydrogen-bond donors (Lipinski definition) is 4. The van der Waals surface area contributed by atoms with Gasteiger partial charge in [0.1, 0.15) is 29.4 Å². The van der Waals surface area contributed by atoms with Gasteiger partial charge in [-0.3, -0.25) is 23.7 Å². The molecule has 42 heavy (non-hydrogen) atoms. The van der Waals surface area contributed by atoms with Gasteiger partial charge in [-0.05, 0) is 39.8 Å². The molecule has 0 amide bonds. The number of hydrogen-bond acceptors (Lipinski definition) is 10. The van der Waals surface area contributed by atoms with Gasteiger partial charge in [0.15, 0.2) is 22.6 Å². The second-order valence-corrected chi connectivity index (χ2v) is 12.0. The van der Waals surface area contributed by atoms with Crippen molar-refractivity contribution >= 4 is 42.3 Å². The first-order valence-corrected chi connectivity index (χ1v) is 14.7. The van der Waals surface area contributed by atoms with Crippen molar-refractivity contribution in [1.82, 2.24) is 19.6 Å². The summed E-state index contributed by atoms with van der Waals surface area (Å²) in [5.74, 6) is 3.52. The molecule has 5 unspecified atom stereocenters. The van der Waals surface area contributed by atoms with Crippen LogP contribution >= 0.6 is 19.3 Å². The van der Waals surface area contributed by atoms with E-state index in [1.807, 2.05) is 0 Å². The van der Waals surface area contributed by atoms with E-state index in [1.54, 1.807) is 32.0 Å². The van der Waals surface area contributed by atoms with Crippen molar-refractivity contribution in [2.75, 3.05) is 12.3 Å². The van der Waals surface area contributed by atoms with E-state index >= 15 is 0 Å². The predicted molar refractivity (Wildman–Crippen MR) is 151 cm³/mol. The van der Waals surface area contributed by atoms with Crippen LogP contribution < -0.4 is 20.9 Å². The molecule has 0 bridgehead atoms. The summed E-state index contributed by atoms with van der Waals surface area (Å²) in [6, 6.07) is 6.93. The summed E-state index contributed by atoms with van der Waals surface area (Å²) in [6.07, 6.45) is -3.81. The number of anilines is 1. The number of aliphatic hydroxyl groups excluding tert-OH is 1. The van der Waals surface area contributed by atoms with Gasteiger partial charge < -0.3 is 24.8 Å². The third kappa shape index (κ3) is 6.47. The second kappa shape index (κ2) is 12.4. The highest BCUT2D eigenvalue weighted by Crippen LogP contribution is 2.49. The van der Waals surface area contributed by atoms with Crippen LogP contribution in [0, 0.1) is 17.7 Å². The molecule has 0 saturated carbocycles. The van der Waals surface area contributed by atoms with Crippen molar-refractivity contribution in [2.45, 2.75) is 63.2 Å². The van der Waals surface area contributed by atoms with Gasteiger partial charge in [-0.1, -0.05) is 35.7 Å². The Hall–Kier alpha value is -3.44. The Morgan fingerprint density at radius 3 is 2.71 bits per heavy atom. The Morgan fingerprint density at radius 2 is 2.07 bits per heavy atom. The van der Waals surface area contributed by atoms with Crippen LogP contribution in [0.4, 0.5) is 10.3 Å². The number of nitrogens with two attached hydrogens (primary N) is 1. The van der Waals surface area contributed by atoms with Crippen molar-refractivity contribution in [3.05, 3.63) is 52.7 Å². The minimum Gasteiger partial charge on any atom is -0.462 e. The van der Waals surface area contributed by atoms with E-state index in [1.165, 1.54) is 26.0 Å². The normalized spacial score (nSPS) is 24.1. The molecule has 3 heterocycles. The van der Waals surface area contributed by atoms with Crippen molar-refractivity contribution in [3.63, 3.8) is 0 Å². The molecule has 0 spiro atoms. The second-order valence-electron chi connectivity index (χ2n) is 9.68. The molecule has 1 aliphatic rings. The average Bonchev–Trinajstić information content (AvgIpc) is 3.36. The molecule has 1 aromatic carbocycles. The smallest absolute Gasteiger partial charge is 0.459 e.